The number of aryl methyl sites for hydroxylation is 3. The molecule has 0 saturated carbocycles. The van der Waals surface area contributed by atoms with Gasteiger partial charge in [-0.2, -0.15) is 0 Å². The molecule has 4 heterocycles. The lowest BCUT2D eigenvalue weighted by Gasteiger charge is -2.34. The minimum absolute atomic E-state index is 0.0416. The van der Waals surface area contributed by atoms with Gasteiger partial charge in [0.05, 0.1) is 30.0 Å². The van der Waals surface area contributed by atoms with Crippen LogP contribution in [0.3, 0.4) is 0 Å². The zero-order valence-electron chi connectivity index (χ0n) is 17.3. The smallest absolute Gasteiger partial charge is 0.247 e. The van der Waals surface area contributed by atoms with Gasteiger partial charge in [-0.25, -0.2) is 19.9 Å². The van der Waals surface area contributed by atoms with Gasteiger partial charge < -0.3 is 15.2 Å². The third-order valence-electron chi connectivity index (χ3n) is 5.14. The Balaban J connectivity index is 1.57. The average Bonchev–Trinajstić information content (AvgIpc) is 3.35. The highest BCUT2D eigenvalue weighted by molar-refractivity contribution is 7.15. The van der Waals surface area contributed by atoms with Gasteiger partial charge >= 0.3 is 0 Å². The Kier molecular flexibility index (Phi) is 5.89. The van der Waals surface area contributed by atoms with Gasteiger partial charge in [-0.15, -0.1) is 11.3 Å². The first-order chi connectivity index (χ1) is 14.5. The molecule has 1 saturated heterocycles. The molecule has 30 heavy (non-hydrogen) atoms. The number of H-pyrrole nitrogens is 1. The first-order valence-corrected chi connectivity index (χ1v) is 10.8. The van der Waals surface area contributed by atoms with Crippen molar-refractivity contribution >= 4 is 34.3 Å². The van der Waals surface area contributed by atoms with Gasteiger partial charge in [0.15, 0.2) is 11.0 Å². The van der Waals surface area contributed by atoms with Crippen LogP contribution in [0, 0.1) is 20.8 Å². The van der Waals surface area contributed by atoms with E-state index in [2.05, 4.69) is 32.2 Å². The van der Waals surface area contributed by atoms with Gasteiger partial charge in [0.1, 0.15) is 5.82 Å². The number of aromatic amines is 1. The molecule has 0 aliphatic carbocycles. The fourth-order valence-electron chi connectivity index (χ4n) is 3.52. The fraction of sp³-hybridized carbons (Fsp3) is 0.381. The maximum absolute atomic E-state index is 12.9. The highest BCUT2D eigenvalue weighted by atomic mass is 32.1. The molecule has 0 bridgehead atoms. The summed E-state index contributed by atoms with van der Waals surface area (Å²) in [7, 11) is 0. The number of carbonyl (C=O) groups excluding carboxylic acids is 1. The predicted molar refractivity (Wildman–Crippen MR) is 118 cm³/mol. The lowest BCUT2D eigenvalue weighted by atomic mass is 10.0. The van der Waals surface area contributed by atoms with E-state index in [0.717, 1.165) is 41.5 Å². The quantitative estimate of drug-likeness (QED) is 0.600. The number of hydrogen-bond acceptors (Lipinski definition) is 7. The molecule has 2 N–H and O–H groups in total. The summed E-state index contributed by atoms with van der Waals surface area (Å²) in [6.45, 7) is 6.69. The number of aromatic nitrogens is 5. The second-order valence-electron chi connectivity index (χ2n) is 7.42. The molecule has 4 rings (SSSR count). The molecule has 1 fully saturated rings. The highest BCUT2D eigenvalue weighted by Gasteiger charge is 2.29. The lowest BCUT2D eigenvalue weighted by molar-refractivity contribution is -0.129. The predicted octanol–water partition coefficient (Wildman–Crippen LogP) is 4.09. The third-order valence-corrected chi connectivity index (χ3v) is 6.13. The fourth-order valence-corrected chi connectivity index (χ4v) is 4.34. The number of piperidine rings is 1. The zero-order chi connectivity index (χ0) is 21.1. The number of amides is 1. The van der Waals surface area contributed by atoms with Crippen LogP contribution < -0.4 is 5.32 Å². The number of imidazole rings is 1. The number of hydrogen-bond donors (Lipinski definition) is 2. The van der Waals surface area contributed by atoms with E-state index in [1.165, 1.54) is 4.88 Å². The monoisotopic (exact) mass is 423 g/mol. The molecule has 8 nitrogen and oxygen atoms in total. The van der Waals surface area contributed by atoms with Crippen molar-refractivity contribution in [3.05, 3.63) is 52.4 Å². The Hall–Kier alpha value is -3.07. The van der Waals surface area contributed by atoms with Crippen molar-refractivity contribution in [2.24, 2.45) is 0 Å². The Morgan fingerprint density at radius 1 is 1.27 bits per heavy atom. The lowest BCUT2D eigenvalue weighted by Crippen LogP contribution is -2.38. The molecule has 1 atom stereocenters. The zero-order valence-corrected chi connectivity index (χ0v) is 18.2. The van der Waals surface area contributed by atoms with E-state index in [-0.39, 0.29) is 11.9 Å². The summed E-state index contributed by atoms with van der Waals surface area (Å²) in [6, 6.07) is 1.76. The molecule has 0 unspecified atom stereocenters. The summed E-state index contributed by atoms with van der Waals surface area (Å²) in [5, 5.41) is 4.11. The maximum Gasteiger partial charge on any atom is 0.247 e. The Labute approximate surface area is 179 Å². The number of carbonyl (C=O) groups is 1. The summed E-state index contributed by atoms with van der Waals surface area (Å²) in [5.74, 6) is 1.34. The van der Waals surface area contributed by atoms with E-state index in [9.17, 15) is 4.79 Å². The largest absolute Gasteiger partial charge is 0.345 e. The summed E-state index contributed by atoms with van der Waals surface area (Å²) in [6.07, 6.45) is 9.48. The van der Waals surface area contributed by atoms with Crippen molar-refractivity contribution in [2.75, 3.05) is 11.9 Å². The summed E-state index contributed by atoms with van der Waals surface area (Å²) < 4.78 is 0. The second-order valence-corrected chi connectivity index (χ2v) is 8.63. The Bertz CT molecular complexity index is 1040. The molecule has 0 spiro atoms. The first kappa shape index (κ1) is 20.2. The van der Waals surface area contributed by atoms with E-state index in [0.29, 0.717) is 18.2 Å². The molecular formula is C21H25N7OS. The number of nitrogens with zero attached hydrogens (tertiary/aromatic N) is 5. The topological polar surface area (TPSA) is 99.7 Å². The number of likely N-dealkylation sites (tertiary alicyclic amines) is 1. The van der Waals surface area contributed by atoms with Gasteiger partial charge in [0.2, 0.25) is 5.91 Å². The SMILES string of the molecule is Cc1cc(Nc2nc(C)c(C)s2)nc([C@@H]2CCCCN2C(=O)/C=C/c2cnc[nH]2)n1. The molecule has 1 aliphatic rings. The number of thiazole rings is 1. The second kappa shape index (κ2) is 8.74. The van der Waals surface area contributed by atoms with Crippen molar-refractivity contribution in [1.82, 2.24) is 29.8 Å². The van der Waals surface area contributed by atoms with E-state index in [4.69, 9.17) is 4.98 Å². The summed E-state index contributed by atoms with van der Waals surface area (Å²) in [5.41, 5.74) is 2.67. The normalized spacial score (nSPS) is 16.9. The van der Waals surface area contributed by atoms with Crippen LogP contribution in [0.5, 0.6) is 0 Å². The van der Waals surface area contributed by atoms with Crippen molar-refractivity contribution in [1.29, 1.82) is 0 Å². The van der Waals surface area contributed by atoms with Gasteiger partial charge in [0.25, 0.3) is 0 Å². The van der Waals surface area contributed by atoms with Crippen LogP contribution in [0.15, 0.2) is 24.7 Å². The maximum atomic E-state index is 12.9. The number of nitrogens with one attached hydrogen (secondary N) is 2. The van der Waals surface area contributed by atoms with Crippen molar-refractivity contribution in [3.8, 4) is 0 Å². The molecule has 156 valence electrons. The minimum atomic E-state index is -0.141. The van der Waals surface area contributed by atoms with Gasteiger partial charge in [-0.3, -0.25) is 4.79 Å². The minimum Gasteiger partial charge on any atom is -0.345 e. The molecule has 1 amide bonds. The average molecular weight is 424 g/mol. The van der Waals surface area contributed by atoms with Crippen LogP contribution in [0.1, 0.15) is 53.1 Å². The molecule has 0 radical (unpaired) electrons. The Morgan fingerprint density at radius 3 is 2.87 bits per heavy atom. The van der Waals surface area contributed by atoms with Crippen LogP contribution in [0.4, 0.5) is 10.9 Å². The van der Waals surface area contributed by atoms with Gasteiger partial charge in [-0.05, 0) is 46.1 Å². The van der Waals surface area contributed by atoms with Crippen LogP contribution in [-0.4, -0.2) is 42.3 Å². The number of anilines is 2. The molecular weight excluding hydrogens is 398 g/mol. The van der Waals surface area contributed by atoms with E-state index in [1.54, 1.807) is 36.0 Å². The van der Waals surface area contributed by atoms with E-state index >= 15 is 0 Å². The van der Waals surface area contributed by atoms with Crippen molar-refractivity contribution < 1.29 is 4.79 Å². The Morgan fingerprint density at radius 2 is 2.13 bits per heavy atom. The highest BCUT2D eigenvalue weighted by Crippen LogP contribution is 2.31. The van der Waals surface area contributed by atoms with Crippen molar-refractivity contribution in [2.45, 2.75) is 46.1 Å². The van der Waals surface area contributed by atoms with Crippen LogP contribution in [-0.2, 0) is 4.79 Å². The summed E-state index contributed by atoms with van der Waals surface area (Å²) in [4.78, 5) is 36.8. The number of rotatable bonds is 5. The molecule has 9 heteroatoms. The molecule has 1 aliphatic heterocycles. The van der Waals surface area contributed by atoms with Gasteiger partial charge in [0, 0.05) is 29.3 Å². The van der Waals surface area contributed by atoms with Crippen LogP contribution >= 0.6 is 11.3 Å². The van der Waals surface area contributed by atoms with Crippen LogP contribution in [0.2, 0.25) is 0 Å². The third kappa shape index (κ3) is 4.56. The van der Waals surface area contributed by atoms with E-state index in [1.807, 2.05) is 24.8 Å². The van der Waals surface area contributed by atoms with Crippen molar-refractivity contribution in [3.63, 3.8) is 0 Å². The molecule has 0 aromatic carbocycles. The molecule has 3 aromatic rings. The first-order valence-electron chi connectivity index (χ1n) is 10.0. The molecule has 3 aromatic heterocycles. The van der Waals surface area contributed by atoms with Gasteiger partial charge in [-0.1, -0.05) is 0 Å². The van der Waals surface area contributed by atoms with E-state index < -0.39 is 0 Å². The van der Waals surface area contributed by atoms with Crippen LogP contribution in [0.25, 0.3) is 6.08 Å². The summed E-state index contributed by atoms with van der Waals surface area (Å²) >= 11 is 1.60. The standard InChI is InChI=1S/C21H25N7OS/c1-13-10-18(27-21-25-14(2)15(3)30-21)26-20(24-13)17-6-4-5-9-28(17)19(29)8-7-16-11-22-12-23-16/h7-8,10-12,17H,4-6,9H2,1-3H3,(H,22,23)(H,24,25,26,27)/b8-7+/t17-/m0/s1.